The van der Waals surface area contributed by atoms with Gasteiger partial charge in [-0.15, -0.1) is 5.10 Å². The van der Waals surface area contributed by atoms with Crippen LogP contribution >= 0.6 is 12.2 Å². The number of aliphatic hydroxyl groups excluding tert-OH is 1. The second-order valence-corrected chi connectivity index (χ2v) is 7.50. The molecule has 0 spiro atoms. The van der Waals surface area contributed by atoms with Crippen molar-refractivity contribution < 1.29 is 5.11 Å². The average molecular weight is 381 g/mol. The lowest BCUT2D eigenvalue weighted by molar-refractivity contribution is 0.0651. The molecule has 0 atom stereocenters. The molecule has 2 heterocycles. The SMILES string of the molecule is Cc1cccc(-n2c(-c3ccccc3)nn(CN3CCC(O)CC3)c2=S)c1. The van der Waals surface area contributed by atoms with Crippen LogP contribution in [0.4, 0.5) is 0 Å². The van der Waals surface area contributed by atoms with Gasteiger partial charge in [-0.25, -0.2) is 4.68 Å². The van der Waals surface area contributed by atoms with Crippen LogP contribution < -0.4 is 0 Å². The Kier molecular flexibility index (Phi) is 5.20. The van der Waals surface area contributed by atoms with E-state index < -0.39 is 0 Å². The Balaban J connectivity index is 1.77. The van der Waals surface area contributed by atoms with Gasteiger partial charge < -0.3 is 5.11 Å². The number of aliphatic hydroxyl groups is 1. The van der Waals surface area contributed by atoms with Crippen molar-refractivity contribution in [3.8, 4) is 17.1 Å². The van der Waals surface area contributed by atoms with Crippen LogP contribution in [0.15, 0.2) is 54.6 Å². The number of aromatic nitrogens is 3. The summed E-state index contributed by atoms with van der Waals surface area (Å²) in [5.41, 5.74) is 3.25. The molecular formula is C21H24N4OS. The van der Waals surface area contributed by atoms with Gasteiger partial charge in [0.1, 0.15) is 0 Å². The molecule has 1 saturated heterocycles. The van der Waals surface area contributed by atoms with E-state index in [1.54, 1.807) is 0 Å². The summed E-state index contributed by atoms with van der Waals surface area (Å²) in [4.78, 5) is 2.30. The molecule has 0 aliphatic carbocycles. The number of aryl methyl sites for hydroxylation is 1. The van der Waals surface area contributed by atoms with E-state index >= 15 is 0 Å². The van der Waals surface area contributed by atoms with Crippen LogP contribution in [0.25, 0.3) is 17.1 Å². The number of nitrogens with zero attached hydrogens (tertiary/aromatic N) is 4. The average Bonchev–Trinajstić information content (AvgIpc) is 3.01. The fraction of sp³-hybridized carbons (Fsp3) is 0.333. The van der Waals surface area contributed by atoms with Crippen LogP contribution in [0.1, 0.15) is 18.4 Å². The lowest BCUT2D eigenvalue weighted by Gasteiger charge is -2.28. The summed E-state index contributed by atoms with van der Waals surface area (Å²) >= 11 is 5.82. The Bertz CT molecular complexity index is 971. The molecule has 5 nitrogen and oxygen atoms in total. The Morgan fingerprint density at radius 1 is 1.07 bits per heavy atom. The van der Waals surface area contributed by atoms with Gasteiger partial charge in [0.15, 0.2) is 5.82 Å². The van der Waals surface area contributed by atoms with Gasteiger partial charge in [-0.1, -0.05) is 42.5 Å². The lowest BCUT2D eigenvalue weighted by Crippen LogP contribution is -2.37. The summed E-state index contributed by atoms with van der Waals surface area (Å²) in [6.07, 6.45) is 1.42. The molecular weight excluding hydrogens is 356 g/mol. The Labute approximate surface area is 164 Å². The van der Waals surface area contributed by atoms with E-state index in [-0.39, 0.29) is 6.10 Å². The van der Waals surface area contributed by atoms with Crippen LogP contribution in [-0.4, -0.2) is 43.5 Å². The van der Waals surface area contributed by atoms with Crippen molar-refractivity contribution >= 4 is 12.2 Å². The van der Waals surface area contributed by atoms with Gasteiger partial charge in [0.05, 0.1) is 18.5 Å². The maximum absolute atomic E-state index is 9.75. The quantitative estimate of drug-likeness (QED) is 0.700. The third-order valence-corrected chi connectivity index (χ3v) is 5.42. The normalized spacial score (nSPS) is 15.9. The highest BCUT2D eigenvalue weighted by molar-refractivity contribution is 7.71. The summed E-state index contributed by atoms with van der Waals surface area (Å²) in [6.45, 7) is 4.45. The smallest absolute Gasteiger partial charge is 0.204 e. The maximum Gasteiger partial charge on any atom is 0.204 e. The second-order valence-electron chi connectivity index (χ2n) is 7.14. The monoisotopic (exact) mass is 380 g/mol. The zero-order valence-electron chi connectivity index (χ0n) is 15.5. The standard InChI is InChI=1S/C21H24N4OS/c1-16-6-5-9-18(14-16)25-20(17-7-3-2-4-8-17)22-24(21(25)27)15-23-12-10-19(26)11-13-23/h2-9,14,19,26H,10-13,15H2,1H3. The lowest BCUT2D eigenvalue weighted by atomic mass is 10.1. The molecule has 1 aliphatic rings. The molecule has 140 valence electrons. The topological polar surface area (TPSA) is 46.2 Å². The van der Waals surface area contributed by atoms with Crippen LogP contribution in [0, 0.1) is 11.7 Å². The van der Waals surface area contributed by atoms with Crippen LogP contribution in [0.2, 0.25) is 0 Å². The highest BCUT2D eigenvalue weighted by Crippen LogP contribution is 2.23. The molecule has 0 saturated carbocycles. The molecule has 6 heteroatoms. The first-order valence-electron chi connectivity index (χ1n) is 9.34. The first-order valence-corrected chi connectivity index (χ1v) is 9.75. The van der Waals surface area contributed by atoms with Crippen molar-refractivity contribution in [2.24, 2.45) is 0 Å². The van der Waals surface area contributed by atoms with E-state index in [9.17, 15) is 5.11 Å². The van der Waals surface area contributed by atoms with Crippen molar-refractivity contribution in [2.45, 2.75) is 32.5 Å². The van der Waals surface area contributed by atoms with Crippen molar-refractivity contribution in [1.82, 2.24) is 19.2 Å². The molecule has 4 rings (SSSR count). The van der Waals surface area contributed by atoms with Crippen molar-refractivity contribution in [3.05, 3.63) is 64.9 Å². The second kappa shape index (κ2) is 7.76. The summed E-state index contributed by atoms with van der Waals surface area (Å²) in [5.74, 6) is 0.850. The zero-order valence-corrected chi connectivity index (χ0v) is 16.3. The summed E-state index contributed by atoms with van der Waals surface area (Å²) in [6, 6.07) is 18.5. The van der Waals surface area contributed by atoms with E-state index in [0.29, 0.717) is 11.4 Å². The number of rotatable bonds is 4. The van der Waals surface area contributed by atoms with Gasteiger partial charge in [-0.05, 0) is 49.7 Å². The fourth-order valence-corrected chi connectivity index (χ4v) is 3.81. The molecule has 0 amide bonds. The Morgan fingerprint density at radius 2 is 1.81 bits per heavy atom. The molecule has 3 aromatic rings. The minimum Gasteiger partial charge on any atom is -0.393 e. The number of benzene rings is 2. The number of piperidine rings is 1. The zero-order chi connectivity index (χ0) is 18.8. The summed E-state index contributed by atoms with van der Waals surface area (Å²) < 4.78 is 4.64. The van der Waals surface area contributed by atoms with E-state index in [4.69, 9.17) is 17.3 Å². The number of hydrogen-bond acceptors (Lipinski definition) is 4. The molecule has 1 fully saturated rings. The molecule has 0 bridgehead atoms. The third kappa shape index (κ3) is 3.88. The van der Waals surface area contributed by atoms with Gasteiger partial charge >= 0.3 is 0 Å². The fourth-order valence-electron chi connectivity index (χ4n) is 3.52. The highest BCUT2D eigenvalue weighted by atomic mass is 32.1. The summed E-state index contributed by atoms with van der Waals surface area (Å²) in [5, 5.41) is 14.6. The van der Waals surface area contributed by atoms with Crippen LogP contribution in [-0.2, 0) is 6.67 Å². The van der Waals surface area contributed by atoms with Gasteiger partial charge in [0.2, 0.25) is 4.77 Å². The minimum absolute atomic E-state index is 0.182. The molecule has 27 heavy (non-hydrogen) atoms. The molecule has 0 radical (unpaired) electrons. The van der Waals surface area contributed by atoms with E-state index in [1.165, 1.54) is 5.56 Å². The van der Waals surface area contributed by atoms with Crippen LogP contribution in [0.5, 0.6) is 0 Å². The first-order chi connectivity index (χ1) is 13.1. The van der Waals surface area contributed by atoms with Gasteiger partial charge in [-0.2, -0.15) is 0 Å². The summed E-state index contributed by atoms with van der Waals surface area (Å²) in [7, 11) is 0. The number of likely N-dealkylation sites (tertiary alicyclic amines) is 1. The first kappa shape index (κ1) is 18.1. The van der Waals surface area contributed by atoms with E-state index in [1.807, 2.05) is 28.9 Å². The van der Waals surface area contributed by atoms with E-state index in [0.717, 1.165) is 43.0 Å². The van der Waals surface area contributed by atoms with Gasteiger partial charge in [0.25, 0.3) is 0 Å². The largest absolute Gasteiger partial charge is 0.393 e. The molecule has 2 aromatic carbocycles. The minimum atomic E-state index is -0.182. The Hall–Kier alpha value is -2.28. The predicted molar refractivity (Wildman–Crippen MR) is 109 cm³/mol. The number of hydrogen-bond donors (Lipinski definition) is 1. The third-order valence-electron chi connectivity index (χ3n) is 5.02. The highest BCUT2D eigenvalue weighted by Gasteiger charge is 2.20. The Morgan fingerprint density at radius 3 is 2.52 bits per heavy atom. The molecule has 1 aromatic heterocycles. The maximum atomic E-state index is 9.75. The van der Waals surface area contributed by atoms with Crippen LogP contribution in [0.3, 0.4) is 0 Å². The van der Waals surface area contributed by atoms with Crippen molar-refractivity contribution in [1.29, 1.82) is 0 Å². The van der Waals surface area contributed by atoms with Gasteiger partial charge in [0, 0.05) is 18.7 Å². The van der Waals surface area contributed by atoms with Crippen molar-refractivity contribution in [3.63, 3.8) is 0 Å². The van der Waals surface area contributed by atoms with Crippen molar-refractivity contribution in [2.75, 3.05) is 13.1 Å². The predicted octanol–water partition coefficient (Wildman–Crippen LogP) is 3.79. The van der Waals surface area contributed by atoms with E-state index in [2.05, 4.69) is 46.7 Å². The molecule has 1 aliphatic heterocycles. The molecule has 1 N–H and O–H groups in total. The van der Waals surface area contributed by atoms with Gasteiger partial charge in [-0.3, -0.25) is 9.47 Å². The molecule has 0 unspecified atom stereocenters.